The molecule has 0 aliphatic carbocycles. The maximum atomic E-state index is 13.9. The third-order valence-corrected chi connectivity index (χ3v) is 16.8. The van der Waals surface area contributed by atoms with Crippen molar-refractivity contribution in [2.24, 2.45) is 0 Å². The smallest absolute Gasteiger partial charge is 0.187 e. The van der Waals surface area contributed by atoms with Gasteiger partial charge in [-0.3, -0.25) is 29.1 Å². The van der Waals surface area contributed by atoms with Crippen molar-refractivity contribution in [2.45, 2.75) is 89.4 Å². The predicted octanol–water partition coefficient (Wildman–Crippen LogP) is 7.69. The number of methoxy groups -OCH3 is 4. The van der Waals surface area contributed by atoms with E-state index >= 15 is 0 Å². The summed E-state index contributed by atoms with van der Waals surface area (Å²) in [7, 11) is -1.44. The Morgan fingerprint density at radius 3 is 1.25 bits per heavy atom. The first-order valence-corrected chi connectivity index (χ1v) is 27.6. The predicted molar refractivity (Wildman–Crippen MR) is 285 cm³/mol. The Bertz CT molecular complexity index is 3460. The molecule has 21 nitrogen and oxygen atoms in total. The van der Waals surface area contributed by atoms with Crippen LogP contribution in [0.2, 0.25) is 0 Å². The molecule has 0 bridgehead atoms. The summed E-state index contributed by atoms with van der Waals surface area (Å²) in [6.07, 6.45) is 5.58. The van der Waals surface area contributed by atoms with Crippen LogP contribution in [-0.2, 0) is 35.9 Å². The summed E-state index contributed by atoms with van der Waals surface area (Å²) in [5.41, 5.74) is 6.12. The number of para-hydroxylation sites is 2. The Labute approximate surface area is 443 Å². The first-order chi connectivity index (χ1) is 36.4. The zero-order valence-corrected chi connectivity index (χ0v) is 46.2. The van der Waals surface area contributed by atoms with Gasteiger partial charge in [-0.2, -0.15) is 0 Å². The van der Waals surface area contributed by atoms with Gasteiger partial charge in [0.25, 0.3) is 0 Å². The highest BCUT2D eigenvalue weighted by Crippen LogP contribution is 2.39. The van der Waals surface area contributed by atoms with Crippen LogP contribution in [0.4, 0.5) is 0 Å². The fourth-order valence-corrected chi connectivity index (χ4v) is 11.2. The molecule has 0 N–H and O–H groups in total. The molecule has 0 spiro atoms. The highest BCUT2D eigenvalue weighted by Gasteiger charge is 2.36. The lowest BCUT2D eigenvalue weighted by Crippen LogP contribution is -2.30. The molecular weight excluding hydrogens is 1010 g/mol. The average molecular weight is 1080 g/mol. The highest BCUT2D eigenvalue weighted by atomic mass is 32.2. The van der Waals surface area contributed by atoms with E-state index in [0.29, 0.717) is 75.4 Å². The largest absolute Gasteiger partial charge is 0.494 e. The summed E-state index contributed by atoms with van der Waals surface area (Å²) in [6.45, 7) is 14.6. The Morgan fingerprint density at radius 2 is 0.882 bits per heavy atom. The third kappa shape index (κ3) is 12.3. The van der Waals surface area contributed by atoms with E-state index in [1.807, 2.05) is 58.9 Å². The number of aromatic nitrogens is 12. The van der Waals surface area contributed by atoms with E-state index in [4.69, 9.17) is 23.7 Å². The second-order valence-corrected chi connectivity index (χ2v) is 22.5. The van der Waals surface area contributed by atoms with Crippen LogP contribution in [0, 0.1) is 27.7 Å². The number of rotatable bonds is 20. The van der Waals surface area contributed by atoms with Crippen LogP contribution in [0.25, 0.3) is 34.4 Å². The maximum absolute atomic E-state index is 13.9. The first kappa shape index (κ1) is 56.0. The number of nitrogens with zero attached hydrogens (tertiary/aromatic N) is 12. The van der Waals surface area contributed by atoms with Gasteiger partial charge in [0.15, 0.2) is 43.0 Å². The summed E-state index contributed by atoms with van der Waals surface area (Å²) >= 11 is 0. The Balaban J connectivity index is 0.000000221. The lowest BCUT2D eigenvalue weighted by molar-refractivity contribution is 0.0586. The van der Waals surface area contributed by atoms with E-state index in [1.54, 1.807) is 103 Å². The fraction of sp³-hybridized carbons (Fsp3) is 0.358. The lowest BCUT2D eigenvalue weighted by atomic mass is 10.1. The molecule has 8 aromatic rings. The molecule has 0 unspecified atom stereocenters. The monoisotopic (exact) mass is 1070 g/mol. The van der Waals surface area contributed by atoms with Crippen molar-refractivity contribution >= 4 is 19.7 Å². The van der Waals surface area contributed by atoms with Gasteiger partial charge in [0.05, 0.1) is 67.9 Å². The molecule has 0 fully saturated rings. The van der Waals surface area contributed by atoms with E-state index in [0.717, 1.165) is 22.8 Å². The van der Waals surface area contributed by atoms with E-state index in [2.05, 4.69) is 50.3 Å². The van der Waals surface area contributed by atoms with Crippen molar-refractivity contribution in [2.75, 3.05) is 35.0 Å². The maximum Gasteiger partial charge on any atom is 0.187 e. The van der Waals surface area contributed by atoms with Crippen molar-refractivity contribution in [1.82, 2.24) is 59.4 Å². The number of pyridine rings is 2. The van der Waals surface area contributed by atoms with Crippen LogP contribution < -0.4 is 18.9 Å². The molecule has 8 rings (SSSR count). The summed E-state index contributed by atoms with van der Waals surface area (Å²) in [6, 6.07) is 21.7. The van der Waals surface area contributed by atoms with E-state index in [9.17, 15) is 16.8 Å². The molecule has 76 heavy (non-hydrogen) atoms. The molecule has 0 amide bonds. The standard InChI is InChI=1S/C27H32N6O5S.C26H30N6O4S/c1-7-38-26(21-15-28-18(3)14-29-21)19(4)39(34,35)16-24-31-32-27(20-11-8-10-17(2)30-20)33(24)25-22(36-5)12-9-13-23(25)37-6;1-16-9-7-10-20(29-16)26-31-30-24(32(26)25-22(35-5)11-8-12-23(25)36-6)15-37(33,34)19(4)18(3)21-14-27-17(2)13-28-21/h8-15,19,26H,7,16H2,1-6H3;7-14,18-19H,15H2,1-6H3/t19-,26-;18-,19-/m01/s1. The van der Waals surface area contributed by atoms with Gasteiger partial charge in [0.2, 0.25) is 0 Å². The SMILES string of the molecule is CCO[C@H](c1cnc(C)cn1)[C@H](C)S(=O)(=O)Cc1nnc(-c2cccc(C)n2)n1-c1c(OC)cccc1OC.COc1cccc(OC)c1-n1c(CS(=O)(=O)[C@H](C)[C@@H](C)c2cnc(C)cn2)nnc1-c1cccc(C)n1. The molecule has 2 aromatic carbocycles. The van der Waals surface area contributed by atoms with Gasteiger partial charge in [0, 0.05) is 42.5 Å². The summed E-state index contributed by atoms with van der Waals surface area (Å²) in [4.78, 5) is 26.5. The summed E-state index contributed by atoms with van der Waals surface area (Å²) < 4.78 is 86.7. The molecule has 6 aromatic heterocycles. The van der Waals surface area contributed by atoms with Gasteiger partial charge in [-0.1, -0.05) is 31.2 Å². The van der Waals surface area contributed by atoms with Crippen molar-refractivity contribution < 1.29 is 40.5 Å². The zero-order valence-electron chi connectivity index (χ0n) is 44.5. The Hall–Kier alpha value is -7.76. The van der Waals surface area contributed by atoms with Gasteiger partial charge in [-0.15, -0.1) is 20.4 Å². The van der Waals surface area contributed by atoms with Crippen LogP contribution in [0.1, 0.15) is 85.5 Å². The summed E-state index contributed by atoms with van der Waals surface area (Å²) in [5, 5.41) is 15.7. The van der Waals surface area contributed by atoms with Crippen molar-refractivity contribution in [3.8, 4) is 57.4 Å². The second-order valence-electron chi connectivity index (χ2n) is 17.8. The highest BCUT2D eigenvalue weighted by molar-refractivity contribution is 7.91. The number of hydrogen-bond acceptors (Lipinski definition) is 19. The average Bonchev–Trinajstić information content (AvgIpc) is 4.04. The minimum absolute atomic E-state index is 0.174. The van der Waals surface area contributed by atoms with Crippen LogP contribution in [0.15, 0.2) is 97.6 Å². The third-order valence-electron chi connectivity index (χ3n) is 12.6. The molecule has 23 heteroatoms. The zero-order chi connectivity index (χ0) is 54.9. The first-order valence-electron chi connectivity index (χ1n) is 24.2. The molecular formula is C53H62N12O9S2. The number of hydrogen-bond donors (Lipinski definition) is 0. The Morgan fingerprint density at radius 1 is 0.487 bits per heavy atom. The molecule has 4 atom stereocenters. The van der Waals surface area contributed by atoms with Crippen LogP contribution in [-0.4, -0.2) is 122 Å². The van der Waals surface area contributed by atoms with Gasteiger partial charge < -0.3 is 23.7 Å². The molecule has 0 saturated carbocycles. The van der Waals surface area contributed by atoms with Gasteiger partial charge in [-0.05, 0) is 97.0 Å². The second kappa shape index (κ2) is 24.3. The summed E-state index contributed by atoms with van der Waals surface area (Å²) in [5.74, 6) is 1.80. The minimum atomic E-state index is -3.86. The molecule has 6 heterocycles. The van der Waals surface area contributed by atoms with Gasteiger partial charge in [0.1, 0.15) is 63.4 Å². The topological polar surface area (TPSA) is 253 Å². The molecule has 0 radical (unpaired) electrons. The number of benzene rings is 2. The van der Waals surface area contributed by atoms with E-state index < -0.39 is 42.0 Å². The normalized spacial score (nSPS) is 13.2. The van der Waals surface area contributed by atoms with Crippen molar-refractivity contribution in [3.63, 3.8) is 0 Å². The van der Waals surface area contributed by atoms with Crippen LogP contribution in [0.5, 0.6) is 23.0 Å². The number of sulfone groups is 2. The number of ether oxygens (including phenoxy) is 5. The van der Waals surface area contributed by atoms with Gasteiger partial charge in [-0.25, -0.2) is 26.8 Å². The van der Waals surface area contributed by atoms with Crippen molar-refractivity contribution in [1.29, 1.82) is 0 Å². The van der Waals surface area contributed by atoms with E-state index in [1.165, 1.54) is 28.4 Å². The molecule has 0 saturated heterocycles. The molecule has 0 aliphatic rings. The molecule has 400 valence electrons. The fourth-order valence-electron chi connectivity index (χ4n) is 8.25. The lowest BCUT2D eigenvalue weighted by Gasteiger charge is -2.23. The van der Waals surface area contributed by atoms with E-state index in [-0.39, 0.29) is 23.3 Å². The Kier molecular flexibility index (Phi) is 17.9. The van der Waals surface area contributed by atoms with Crippen LogP contribution >= 0.6 is 0 Å². The van der Waals surface area contributed by atoms with Crippen LogP contribution in [0.3, 0.4) is 0 Å². The number of aryl methyl sites for hydroxylation is 4. The van der Waals surface area contributed by atoms with Gasteiger partial charge >= 0.3 is 0 Å². The minimum Gasteiger partial charge on any atom is -0.494 e. The van der Waals surface area contributed by atoms with Crippen molar-refractivity contribution in [3.05, 3.63) is 143 Å². The molecule has 0 aliphatic heterocycles. The quantitative estimate of drug-likeness (QED) is 0.0708.